The highest BCUT2D eigenvalue weighted by Gasteiger charge is 2.07. The SMILES string of the molecule is N#Cc1ccc2oc3cc(O)ccc3c2c1. The van der Waals surface area contributed by atoms with Gasteiger partial charge in [-0.15, -0.1) is 0 Å². The van der Waals surface area contributed by atoms with Gasteiger partial charge < -0.3 is 9.52 Å². The highest BCUT2D eigenvalue weighted by Crippen LogP contribution is 2.31. The molecule has 0 bridgehead atoms. The highest BCUT2D eigenvalue weighted by atomic mass is 16.3. The maximum atomic E-state index is 9.34. The molecule has 3 nitrogen and oxygen atoms in total. The zero-order chi connectivity index (χ0) is 11.1. The third kappa shape index (κ3) is 1.14. The first kappa shape index (κ1) is 8.81. The second-order valence-corrected chi connectivity index (χ2v) is 3.61. The summed E-state index contributed by atoms with van der Waals surface area (Å²) in [4.78, 5) is 0. The third-order valence-corrected chi connectivity index (χ3v) is 2.58. The summed E-state index contributed by atoms with van der Waals surface area (Å²) in [6, 6.07) is 12.3. The van der Waals surface area contributed by atoms with E-state index in [0.717, 1.165) is 16.4 Å². The number of phenols is 1. The Kier molecular flexibility index (Phi) is 1.66. The number of hydrogen-bond acceptors (Lipinski definition) is 3. The molecule has 1 aromatic heterocycles. The van der Waals surface area contributed by atoms with Crippen LogP contribution in [0.4, 0.5) is 0 Å². The maximum Gasteiger partial charge on any atom is 0.139 e. The Bertz CT molecular complexity index is 735. The Morgan fingerprint density at radius 3 is 2.69 bits per heavy atom. The molecule has 0 unspecified atom stereocenters. The van der Waals surface area contributed by atoms with Gasteiger partial charge in [-0.05, 0) is 30.3 Å². The number of furan rings is 1. The van der Waals surface area contributed by atoms with Crippen molar-refractivity contribution in [3.05, 3.63) is 42.0 Å². The van der Waals surface area contributed by atoms with E-state index in [0.29, 0.717) is 11.1 Å². The monoisotopic (exact) mass is 209 g/mol. The molecule has 1 N–H and O–H groups in total. The van der Waals surface area contributed by atoms with Crippen molar-refractivity contribution in [3.8, 4) is 11.8 Å². The van der Waals surface area contributed by atoms with Crippen LogP contribution in [-0.2, 0) is 0 Å². The van der Waals surface area contributed by atoms with Crippen molar-refractivity contribution in [1.29, 1.82) is 5.26 Å². The Morgan fingerprint density at radius 1 is 1.00 bits per heavy atom. The van der Waals surface area contributed by atoms with E-state index in [9.17, 15) is 5.11 Å². The van der Waals surface area contributed by atoms with Gasteiger partial charge in [0.15, 0.2) is 0 Å². The molecule has 0 aliphatic carbocycles. The Morgan fingerprint density at radius 2 is 1.88 bits per heavy atom. The minimum atomic E-state index is 0.173. The number of phenolic OH excluding ortho intramolecular Hbond substituents is 1. The number of fused-ring (bicyclic) bond motifs is 3. The minimum Gasteiger partial charge on any atom is -0.508 e. The van der Waals surface area contributed by atoms with Gasteiger partial charge in [0.05, 0.1) is 11.6 Å². The lowest BCUT2D eigenvalue weighted by Crippen LogP contribution is -1.72. The quantitative estimate of drug-likeness (QED) is 0.618. The molecule has 3 aromatic rings. The molecule has 0 radical (unpaired) electrons. The molecule has 2 aromatic carbocycles. The fourth-order valence-electron chi connectivity index (χ4n) is 1.84. The summed E-state index contributed by atoms with van der Waals surface area (Å²) in [6.07, 6.45) is 0. The highest BCUT2D eigenvalue weighted by molar-refractivity contribution is 6.05. The summed E-state index contributed by atoms with van der Waals surface area (Å²) in [5, 5.41) is 20.0. The molecule has 3 rings (SSSR count). The molecular weight excluding hydrogens is 202 g/mol. The van der Waals surface area contributed by atoms with Crippen LogP contribution in [-0.4, -0.2) is 5.11 Å². The average Bonchev–Trinajstić information content (AvgIpc) is 2.65. The fourth-order valence-corrected chi connectivity index (χ4v) is 1.84. The summed E-state index contributed by atoms with van der Waals surface area (Å²) in [6.45, 7) is 0. The van der Waals surface area contributed by atoms with Crippen molar-refractivity contribution in [3.63, 3.8) is 0 Å². The van der Waals surface area contributed by atoms with E-state index in [1.807, 2.05) is 0 Å². The van der Waals surface area contributed by atoms with Crippen molar-refractivity contribution in [1.82, 2.24) is 0 Å². The Labute approximate surface area is 91.1 Å². The number of nitriles is 1. The van der Waals surface area contributed by atoms with Gasteiger partial charge in [-0.1, -0.05) is 0 Å². The Balaban J connectivity index is 2.48. The van der Waals surface area contributed by atoms with Crippen LogP contribution in [0.3, 0.4) is 0 Å². The molecule has 1 heterocycles. The second kappa shape index (κ2) is 3.01. The minimum absolute atomic E-state index is 0.173. The van der Waals surface area contributed by atoms with Gasteiger partial charge in [0.25, 0.3) is 0 Å². The second-order valence-electron chi connectivity index (χ2n) is 3.61. The van der Waals surface area contributed by atoms with E-state index in [4.69, 9.17) is 9.68 Å². The number of rotatable bonds is 0. The first-order chi connectivity index (χ1) is 7.78. The summed E-state index contributed by atoms with van der Waals surface area (Å²) in [5.74, 6) is 0.173. The third-order valence-electron chi connectivity index (χ3n) is 2.58. The lowest BCUT2D eigenvalue weighted by Gasteiger charge is -1.90. The van der Waals surface area contributed by atoms with E-state index < -0.39 is 0 Å². The van der Waals surface area contributed by atoms with E-state index in [2.05, 4.69) is 6.07 Å². The standard InChI is InChI=1S/C13H7NO2/c14-7-8-1-4-12-11(5-8)10-3-2-9(15)6-13(10)16-12/h1-6,15H. The van der Waals surface area contributed by atoms with Crippen LogP contribution < -0.4 is 0 Å². The van der Waals surface area contributed by atoms with Crippen molar-refractivity contribution in [2.24, 2.45) is 0 Å². The summed E-state index contributed by atoms with van der Waals surface area (Å²) in [7, 11) is 0. The van der Waals surface area contributed by atoms with E-state index in [1.165, 1.54) is 0 Å². The molecule has 3 heteroatoms. The van der Waals surface area contributed by atoms with Gasteiger partial charge in [0.1, 0.15) is 16.9 Å². The predicted molar refractivity (Wildman–Crippen MR) is 60.1 cm³/mol. The van der Waals surface area contributed by atoms with Gasteiger partial charge in [-0.2, -0.15) is 5.26 Å². The summed E-state index contributed by atoms with van der Waals surface area (Å²) < 4.78 is 5.56. The zero-order valence-corrected chi connectivity index (χ0v) is 8.27. The van der Waals surface area contributed by atoms with Crippen molar-refractivity contribution in [2.75, 3.05) is 0 Å². The summed E-state index contributed by atoms with van der Waals surface area (Å²) >= 11 is 0. The van der Waals surface area contributed by atoms with Crippen LogP contribution in [0.15, 0.2) is 40.8 Å². The number of hydrogen-bond donors (Lipinski definition) is 1. The van der Waals surface area contributed by atoms with Gasteiger partial charge >= 0.3 is 0 Å². The molecule has 0 aliphatic rings. The lowest BCUT2D eigenvalue weighted by atomic mass is 10.1. The van der Waals surface area contributed by atoms with Crippen LogP contribution in [0, 0.1) is 11.3 Å². The number of aromatic hydroxyl groups is 1. The zero-order valence-electron chi connectivity index (χ0n) is 8.27. The molecule has 0 atom stereocenters. The van der Waals surface area contributed by atoms with Crippen LogP contribution in [0.2, 0.25) is 0 Å². The molecule has 0 saturated carbocycles. The molecule has 0 aliphatic heterocycles. The molecular formula is C13H7NO2. The average molecular weight is 209 g/mol. The first-order valence-electron chi connectivity index (χ1n) is 4.83. The van der Waals surface area contributed by atoms with Crippen molar-refractivity contribution >= 4 is 21.9 Å². The topological polar surface area (TPSA) is 57.2 Å². The summed E-state index contributed by atoms with van der Waals surface area (Å²) in [5.41, 5.74) is 1.95. The molecule has 0 saturated heterocycles. The van der Waals surface area contributed by atoms with Crippen LogP contribution in [0.5, 0.6) is 5.75 Å². The number of nitrogens with zero attached hydrogens (tertiary/aromatic N) is 1. The van der Waals surface area contributed by atoms with Gasteiger partial charge in [0.2, 0.25) is 0 Å². The van der Waals surface area contributed by atoms with Gasteiger partial charge in [0, 0.05) is 16.8 Å². The van der Waals surface area contributed by atoms with Gasteiger partial charge in [-0.25, -0.2) is 0 Å². The van der Waals surface area contributed by atoms with E-state index >= 15 is 0 Å². The lowest BCUT2D eigenvalue weighted by molar-refractivity contribution is 0.475. The number of benzene rings is 2. The molecule has 0 fully saturated rings. The van der Waals surface area contributed by atoms with Crippen LogP contribution in [0.25, 0.3) is 21.9 Å². The normalized spacial score (nSPS) is 10.7. The smallest absolute Gasteiger partial charge is 0.139 e. The van der Waals surface area contributed by atoms with Crippen molar-refractivity contribution < 1.29 is 9.52 Å². The van der Waals surface area contributed by atoms with Crippen LogP contribution >= 0.6 is 0 Å². The predicted octanol–water partition coefficient (Wildman–Crippen LogP) is 3.16. The van der Waals surface area contributed by atoms with E-state index in [1.54, 1.807) is 36.4 Å². The van der Waals surface area contributed by atoms with Crippen LogP contribution in [0.1, 0.15) is 5.56 Å². The molecule has 0 spiro atoms. The van der Waals surface area contributed by atoms with Gasteiger partial charge in [-0.3, -0.25) is 0 Å². The van der Waals surface area contributed by atoms with Crippen molar-refractivity contribution in [2.45, 2.75) is 0 Å². The first-order valence-corrected chi connectivity index (χ1v) is 4.83. The van der Waals surface area contributed by atoms with E-state index in [-0.39, 0.29) is 5.75 Å². The molecule has 76 valence electrons. The maximum absolute atomic E-state index is 9.34. The molecule has 0 amide bonds. The molecule has 16 heavy (non-hydrogen) atoms. The fraction of sp³-hybridized carbons (Fsp3) is 0. The largest absolute Gasteiger partial charge is 0.508 e. The Hall–Kier alpha value is -2.47.